The summed E-state index contributed by atoms with van der Waals surface area (Å²) in [5.41, 5.74) is 1.81. The first-order chi connectivity index (χ1) is 9.97. The molecule has 1 N–H and O–H groups in total. The van der Waals surface area contributed by atoms with E-state index in [0.717, 1.165) is 17.7 Å². The maximum atomic E-state index is 12.6. The number of ether oxygens (including phenoxy) is 1. The van der Waals surface area contributed by atoms with Crippen LogP contribution in [0.25, 0.3) is 0 Å². The van der Waals surface area contributed by atoms with Crippen LogP contribution < -0.4 is 4.90 Å². The molecule has 1 aliphatic heterocycles. The normalized spacial score (nSPS) is 21.2. The number of carboxylic acids is 1. The van der Waals surface area contributed by atoms with Crippen molar-refractivity contribution < 1.29 is 19.4 Å². The zero-order valence-corrected chi connectivity index (χ0v) is 12.4. The quantitative estimate of drug-likeness (QED) is 0.904. The molecular weight excluding hydrogens is 270 g/mol. The number of amides is 1. The van der Waals surface area contributed by atoms with Crippen molar-refractivity contribution in [2.24, 2.45) is 0 Å². The highest BCUT2D eigenvalue weighted by Gasteiger charge is 2.32. The molecule has 0 radical (unpaired) electrons. The van der Waals surface area contributed by atoms with Crippen molar-refractivity contribution in [1.82, 2.24) is 0 Å². The number of carboxylic acid groups (broad SMARTS) is 1. The number of hydrogen-bond donors (Lipinski definition) is 1. The van der Waals surface area contributed by atoms with Crippen LogP contribution in [0.2, 0.25) is 0 Å². The van der Waals surface area contributed by atoms with E-state index in [1.54, 1.807) is 0 Å². The minimum atomic E-state index is -0.916. The standard InChI is InChI=1S/C16H21NO4/c1-11-3-6-13(7-4-11)17(10-9-15(18)19)16(20)14-8-5-12(2)21-14/h3-4,6-7,12,14H,5,8-10H2,1-2H3,(H,18,19). The van der Waals surface area contributed by atoms with Gasteiger partial charge in [-0.15, -0.1) is 0 Å². The minimum absolute atomic E-state index is 0.0815. The van der Waals surface area contributed by atoms with Gasteiger partial charge in [-0.3, -0.25) is 9.59 Å². The van der Waals surface area contributed by atoms with Crippen LogP contribution in [0.5, 0.6) is 0 Å². The van der Waals surface area contributed by atoms with Gasteiger partial charge < -0.3 is 14.7 Å². The Morgan fingerprint density at radius 3 is 2.48 bits per heavy atom. The summed E-state index contributed by atoms with van der Waals surface area (Å²) >= 11 is 0. The van der Waals surface area contributed by atoms with Gasteiger partial charge in [-0.05, 0) is 38.8 Å². The fourth-order valence-electron chi connectivity index (χ4n) is 2.46. The summed E-state index contributed by atoms with van der Waals surface area (Å²) in [4.78, 5) is 24.9. The highest BCUT2D eigenvalue weighted by atomic mass is 16.5. The third-order valence-electron chi connectivity index (χ3n) is 3.67. The fourth-order valence-corrected chi connectivity index (χ4v) is 2.46. The van der Waals surface area contributed by atoms with Crippen molar-refractivity contribution in [1.29, 1.82) is 0 Å². The van der Waals surface area contributed by atoms with E-state index in [0.29, 0.717) is 6.42 Å². The zero-order chi connectivity index (χ0) is 15.4. The first kappa shape index (κ1) is 15.5. The Morgan fingerprint density at radius 1 is 1.29 bits per heavy atom. The summed E-state index contributed by atoms with van der Waals surface area (Å²) in [6.07, 6.45) is 1.09. The Bertz CT molecular complexity index is 512. The van der Waals surface area contributed by atoms with Gasteiger partial charge >= 0.3 is 5.97 Å². The summed E-state index contributed by atoms with van der Waals surface area (Å²) in [7, 11) is 0. The maximum Gasteiger partial charge on any atom is 0.305 e. The van der Waals surface area contributed by atoms with Crippen LogP contribution in [-0.4, -0.2) is 35.7 Å². The number of hydrogen-bond acceptors (Lipinski definition) is 3. The molecule has 2 rings (SSSR count). The Kier molecular flexibility index (Phi) is 4.96. The van der Waals surface area contributed by atoms with Gasteiger partial charge in [0.15, 0.2) is 0 Å². The van der Waals surface area contributed by atoms with Crippen LogP contribution in [0.4, 0.5) is 5.69 Å². The summed E-state index contributed by atoms with van der Waals surface area (Å²) in [5.74, 6) is -1.06. The lowest BCUT2D eigenvalue weighted by Gasteiger charge is -2.25. The maximum absolute atomic E-state index is 12.6. The third-order valence-corrected chi connectivity index (χ3v) is 3.67. The number of nitrogens with zero attached hydrogens (tertiary/aromatic N) is 1. The monoisotopic (exact) mass is 291 g/mol. The second-order valence-electron chi connectivity index (χ2n) is 5.48. The summed E-state index contributed by atoms with van der Waals surface area (Å²) in [6.45, 7) is 4.07. The number of carbonyl (C=O) groups excluding carboxylic acids is 1. The van der Waals surface area contributed by atoms with E-state index >= 15 is 0 Å². The van der Waals surface area contributed by atoms with E-state index in [2.05, 4.69) is 0 Å². The summed E-state index contributed by atoms with van der Waals surface area (Å²) in [5, 5.41) is 8.87. The van der Waals surface area contributed by atoms with E-state index in [1.165, 1.54) is 4.90 Å². The molecule has 1 aromatic carbocycles. The fraction of sp³-hybridized carbons (Fsp3) is 0.500. The van der Waals surface area contributed by atoms with Crippen LogP contribution in [0.15, 0.2) is 24.3 Å². The molecule has 1 saturated heterocycles. The lowest BCUT2D eigenvalue weighted by Crippen LogP contribution is -2.40. The van der Waals surface area contributed by atoms with Gasteiger partial charge in [-0.2, -0.15) is 0 Å². The highest BCUT2D eigenvalue weighted by Crippen LogP contribution is 2.24. The average molecular weight is 291 g/mol. The first-order valence-electron chi connectivity index (χ1n) is 7.22. The second kappa shape index (κ2) is 6.72. The molecule has 114 valence electrons. The van der Waals surface area contributed by atoms with Crippen molar-refractivity contribution in [3.63, 3.8) is 0 Å². The van der Waals surface area contributed by atoms with Gasteiger partial charge in [-0.25, -0.2) is 0 Å². The van der Waals surface area contributed by atoms with Gasteiger partial charge in [-0.1, -0.05) is 17.7 Å². The third kappa shape index (κ3) is 4.04. The van der Waals surface area contributed by atoms with E-state index in [-0.39, 0.29) is 25.0 Å². The Labute approximate surface area is 124 Å². The molecule has 1 aromatic rings. The number of aliphatic carboxylic acids is 1. The molecule has 21 heavy (non-hydrogen) atoms. The van der Waals surface area contributed by atoms with Crippen LogP contribution in [0.3, 0.4) is 0 Å². The second-order valence-corrected chi connectivity index (χ2v) is 5.48. The molecule has 2 atom stereocenters. The molecule has 0 aliphatic carbocycles. The number of benzene rings is 1. The van der Waals surface area contributed by atoms with Crippen molar-refractivity contribution in [2.75, 3.05) is 11.4 Å². The molecule has 0 aromatic heterocycles. The molecule has 5 nitrogen and oxygen atoms in total. The van der Waals surface area contributed by atoms with Gasteiger partial charge in [0, 0.05) is 12.2 Å². The van der Waals surface area contributed by atoms with Crippen LogP contribution in [0.1, 0.15) is 31.7 Å². The zero-order valence-electron chi connectivity index (χ0n) is 12.4. The SMILES string of the molecule is Cc1ccc(N(CCC(=O)O)C(=O)C2CCC(C)O2)cc1. The molecule has 1 heterocycles. The van der Waals surface area contributed by atoms with Crippen LogP contribution in [0, 0.1) is 6.92 Å². The van der Waals surface area contributed by atoms with Gasteiger partial charge in [0.2, 0.25) is 0 Å². The Hall–Kier alpha value is -1.88. The smallest absolute Gasteiger partial charge is 0.305 e. The Morgan fingerprint density at radius 2 is 1.95 bits per heavy atom. The topological polar surface area (TPSA) is 66.8 Å². The predicted octanol–water partition coefficient (Wildman–Crippen LogP) is 2.37. The predicted molar refractivity (Wildman–Crippen MR) is 79.4 cm³/mol. The molecule has 1 fully saturated rings. The molecule has 1 amide bonds. The number of rotatable bonds is 5. The molecule has 1 aliphatic rings. The highest BCUT2D eigenvalue weighted by molar-refractivity contribution is 5.97. The average Bonchev–Trinajstić information content (AvgIpc) is 2.87. The van der Waals surface area contributed by atoms with Gasteiger partial charge in [0.05, 0.1) is 12.5 Å². The molecular formula is C16H21NO4. The summed E-state index contributed by atoms with van der Waals surface area (Å²) < 4.78 is 5.62. The number of aryl methyl sites for hydroxylation is 1. The van der Waals surface area contributed by atoms with E-state index in [9.17, 15) is 9.59 Å². The largest absolute Gasteiger partial charge is 0.481 e. The molecule has 2 unspecified atom stereocenters. The molecule has 5 heteroatoms. The first-order valence-corrected chi connectivity index (χ1v) is 7.22. The lowest BCUT2D eigenvalue weighted by atomic mass is 10.1. The van der Waals surface area contributed by atoms with Crippen molar-refractivity contribution in [2.45, 2.75) is 45.3 Å². The Balaban J connectivity index is 2.16. The van der Waals surface area contributed by atoms with Crippen molar-refractivity contribution >= 4 is 17.6 Å². The molecule has 0 spiro atoms. The van der Waals surface area contributed by atoms with Crippen LogP contribution >= 0.6 is 0 Å². The van der Waals surface area contributed by atoms with E-state index in [1.807, 2.05) is 38.1 Å². The van der Waals surface area contributed by atoms with Gasteiger partial charge in [0.1, 0.15) is 6.10 Å². The number of carbonyl (C=O) groups is 2. The minimum Gasteiger partial charge on any atom is -0.481 e. The van der Waals surface area contributed by atoms with Crippen molar-refractivity contribution in [3.05, 3.63) is 29.8 Å². The number of anilines is 1. The summed E-state index contributed by atoms with van der Waals surface area (Å²) in [6, 6.07) is 7.50. The van der Waals surface area contributed by atoms with Gasteiger partial charge in [0.25, 0.3) is 5.91 Å². The van der Waals surface area contributed by atoms with E-state index in [4.69, 9.17) is 9.84 Å². The lowest BCUT2D eigenvalue weighted by molar-refractivity contribution is -0.136. The molecule has 0 bridgehead atoms. The van der Waals surface area contributed by atoms with Crippen molar-refractivity contribution in [3.8, 4) is 0 Å². The molecule has 0 saturated carbocycles. The van der Waals surface area contributed by atoms with Crippen LogP contribution in [-0.2, 0) is 14.3 Å². The van der Waals surface area contributed by atoms with E-state index < -0.39 is 12.1 Å².